The van der Waals surface area contributed by atoms with E-state index in [-0.39, 0.29) is 13.3 Å². The Balaban J connectivity index is 2.02. The average Bonchev–Trinajstić information content (AvgIpc) is 2.90. The Morgan fingerprint density at radius 1 is 1.50 bits per heavy atom. The molecule has 1 atom stereocenters. The third kappa shape index (κ3) is 3.03. The molecule has 0 aromatic heterocycles. The lowest BCUT2D eigenvalue weighted by molar-refractivity contribution is -0.144. The lowest BCUT2D eigenvalue weighted by atomic mass is 9.93. The first-order valence-electron chi connectivity index (χ1n) is 6.35. The minimum Gasteiger partial charge on any atom is -0.480 e. The van der Waals surface area contributed by atoms with Crippen molar-refractivity contribution in [3.05, 3.63) is 23.8 Å². The Kier molecular flexibility index (Phi) is 4.16. The molecule has 20 heavy (non-hydrogen) atoms. The number of carboxylic acid groups (broad SMARTS) is 1. The summed E-state index contributed by atoms with van der Waals surface area (Å²) in [5, 5.41) is 12.2. The molecule has 1 aliphatic rings. The maximum Gasteiger partial charge on any atom is 0.323 e. The number of aryl methyl sites for hydroxylation is 1. The van der Waals surface area contributed by atoms with Gasteiger partial charge in [-0.2, -0.15) is 0 Å². The normalized spacial score (nSPS) is 15.4. The quantitative estimate of drug-likeness (QED) is 0.768. The maximum absolute atomic E-state index is 11.4. The predicted octanol–water partition coefficient (Wildman–Crippen LogP) is 1.41. The van der Waals surface area contributed by atoms with Crippen molar-refractivity contribution in [2.75, 3.05) is 13.3 Å². The number of ether oxygens (including phenoxy) is 2. The van der Waals surface area contributed by atoms with Crippen LogP contribution in [0.15, 0.2) is 18.2 Å². The molecule has 5 heteroatoms. The van der Waals surface area contributed by atoms with Gasteiger partial charge in [0.2, 0.25) is 6.79 Å². The third-order valence-electron chi connectivity index (χ3n) is 3.40. The van der Waals surface area contributed by atoms with Crippen molar-refractivity contribution in [1.82, 2.24) is 5.32 Å². The van der Waals surface area contributed by atoms with Gasteiger partial charge >= 0.3 is 5.97 Å². The van der Waals surface area contributed by atoms with Crippen LogP contribution in [0.2, 0.25) is 0 Å². The van der Waals surface area contributed by atoms with Gasteiger partial charge in [0.05, 0.1) is 6.54 Å². The van der Waals surface area contributed by atoms with E-state index in [2.05, 4.69) is 11.2 Å². The second-order valence-electron chi connectivity index (χ2n) is 4.88. The lowest BCUT2D eigenvalue weighted by Crippen LogP contribution is -2.50. The van der Waals surface area contributed by atoms with Gasteiger partial charge in [-0.15, -0.1) is 6.42 Å². The van der Waals surface area contributed by atoms with Crippen molar-refractivity contribution in [2.45, 2.75) is 25.3 Å². The molecular formula is C15H17NO4. The summed E-state index contributed by atoms with van der Waals surface area (Å²) in [6, 6.07) is 5.63. The van der Waals surface area contributed by atoms with Gasteiger partial charge in [-0.3, -0.25) is 10.1 Å². The highest BCUT2D eigenvalue weighted by Gasteiger charge is 2.31. The molecule has 2 rings (SSSR count). The van der Waals surface area contributed by atoms with Gasteiger partial charge in [0.1, 0.15) is 5.54 Å². The summed E-state index contributed by atoms with van der Waals surface area (Å²) in [6.45, 7) is 2.10. The first-order valence-corrected chi connectivity index (χ1v) is 6.35. The fraction of sp³-hybridized carbons (Fsp3) is 0.400. The van der Waals surface area contributed by atoms with Crippen LogP contribution in [-0.2, 0) is 11.2 Å². The topological polar surface area (TPSA) is 67.8 Å². The van der Waals surface area contributed by atoms with Crippen LogP contribution in [0.25, 0.3) is 0 Å². The van der Waals surface area contributed by atoms with Gasteiger partial charge in [-0.1, -0.05) is 12.0 Å². The number of hydrogen-bond donors (Lipinski definition) is 2. The summed E-state index contributed by atoms with van der Waals surface area (Å²) in [5.41, 5.74) is -0.0350. The Morgan fingerprint density at radius 3 is 2.95 bits per heavy atom. The van der Waals surface area contributed by atoms with Gasteiger partial charge in [0.15, 0.2) is 11.5 Å². The Hall–Kier alpha value is -2.19. The SMILES string of the molecule is C#CCNC(C)(CCc1ccc2c(c1)OCO2)C(=O)O. The molecule has 0 spiro atoms. The zero-order valence-electron chi connectivity index (χ0n) is 11.3. The predicted molar refractivity (Wildman–Crippen MR) is 73.8 cm³/mol. The van der Waals surface area contributed by atoms with Crippen LogP contribution in [0.4, 0.5) is 0 Å². The van der Waals surface area contributed by atoms with E-state index in [9.17, 15) is 9.90 Å². The molecule has 1 heterocycles. The molecule has 0 radical (unpaired) electrons. The fourth-order valence-electron chi connectivity index (χ4n) is 2.01. The molecule has 1 aromatic carbocycles. The largest absolute Gasteiger partial charge is 0.480 e. The molecule has 0 aliphatic carbocycles. The molecule has 5 nitrogen and oxygen atoms in total. The van der Waals surface area contributed by atoms with Crippen molar-refractivity contribution < 1.29 is 19.4 Å². The van der Waals surface area contributed by atoms with Crippen molar-refractivity contribution in [1.29, 1.82) is 0 Å². The van der Waals surface area contributed by atoms with Gasteiger partial charge in [-0.25, -0.2) is 0 Å². The number of terminal acetylenes is 1. The van der Waals surface area contributed by atoms with Gasteiger partial charge in [-0.05, 0) is 37.5 Å². The molecule has 0 fully saturated rings. The number of carbonyl (C=O) groups is 1. The fourth-order valence-corrected chi connectivity index (χ4v) is 2.01. The van der Waals surface area contributed by atoms with E-state index < -0.39 is 11.5 Å². The molecule has 1 unspecified atom stereocenters. The summed E-state index contributed by atoms with van der Waals surface area (Å²) >= 11 is 0. The summed E-state index contributed by atoms with van der Waals surface area (Å²) in [6.07, 6.45) is 6.21. The van der Waals surface area contributed by atoms with E-state index in [0.717, 1.165) is 11.3 Å². The average molecular weight is 275 g/mol. The van der Waals surface area contributed by atoms with Crippen LogP contribution >= 0.6 is 0 Å². The van der Waals surface area contributed by atoms with Crippen LogP contribution in [0, 0.1) is 12.3 Å². The van der Waals surface area contributed by atoms with Crippen molar-refractivity contribution in [2.24, 2.45) is 0 Å². The van der Waals surface area contributed by atoms with E-state index in [0.29, 0.717) is 18.6 Å². The number of nitrogens with one attached hydrogen (secondary N) is 1. The number of benzene rings is 1. The zero-order chi connectivity index (χ0) is 14.6. The minimum atomic E-state index is -1.04. The van der Waals surface area contributed by atoms with Gasteiger partial charge in [0.25, 0.3) is 0 Å². The van der Waals surface area contributed by atoms with Crippen LogP contribution in [0.5, 0.6) is 11.5 Å². The summed E-state index contributed by atoms with van der Waals surface area (Å²) in [4.78, 5) is 11.4. The molecular weight excluding hydrogens is 258 g/mol. The van der Waals surface area contributed by atoms with Crippen molar-refractivity contribution >= 4 is 5.97 Å². The lowest BCUT2D eigenvalue weighted by Gasteiger charge is -2.25. The molecule has 1 aromatic rings. The second-order valence-corrected chi connectivity index (χ2v) is 4.88. The summed E-state index contributed by atoms with van der Waals surface area (Å²) < 4.78 is 10.5. The number of rotatable bonds is 6. The first kappa shape index (κ1) is 14.2. The van der Waals surface area contributed by atoms with E-state index in [4.69, 9.17) is 15.9 Å². The Bertz CT molecular complexity index is 549. The molecule has 106 valence electrons. The van der Waals surface area contributed by atoms with Gasteiger partial charge in [0, 0.05) is 0 Å². The summed E-state index contributed by atoms with van der Waals surface area (Å²) in [5.74, 6) is 2.92. The zero-order valence-corrected chi connectivity index (χ0v) is 11.3. The second kappa shape index (κ2) is 5.85. The van der Waals surface area contributed by atoms with Crippen LogP contribution in [0.3, 0.4) is 0 Å². The molecule has 0 saturated carbocycles. The van der Waals surface area contributed by atoms with E-state index in [1.807, 2.05) is 18.2 Å². The Labute approximate surface area is 117 Å². The molecule has 0 amide bonds. The van der Waals surface area contributed by atoms with Crippen molar-refractivity contribution in [3.8, 4) is 23.8 Å². The van der Waals surface area contributed by atoms with Crippen LogP contribution in [0.1, 0.15) is 18.9 Å². The first-order chi connectivity index (χ1) is 9.55. The molecule has 2 N–H and O–H groups in total. The van der Waals surface area contributed by atoms with Crippen molar-refractivity contribution in [3.63, 3.8) is 0 Å². The van der Waals surface area contributed by atoms with E-state index in [1.54, 1.807) is 6.92 Å². The number of carboxylic acids is 1. The standard InChI is InChI=1S/C15H17NO4/c1-3-8-16-15(2,14(17)18)7-6-11-4-5-12-13(9-11)20-10-19-12/h1,4-5,9,16H,6-8,10H2,2H3,(H,17,18). The van der Waals surface area contributed by atoms with E-state index in [1.165, 1.54) is 0 Å². The van der Waals surface area contributed by atoms with Crippen LogP contribution < -0.4 is 14.8 Å². The van der Waals surface area contributed by atoms with Crippen LogP contribution in [-0.4, -0.2) is 30.0 Å². The highest BCUT2D eigenvalue weighted by atomic mass is 16.7. The highest BCUT2D eigenvalue weighted by Crippen LogP contribution is 2.33. The molecule has 0 bridgehead atoms. The van der Waals surface area contributed by atoms with E-state index >= 15 is 0 Å². The number of fused-ring (bicyclic) bond motifs is 1. The van der Waals surface area contributed by atoms with Gasteiger partial charge < -0.3 is 14.6 Å². The number of aliphatic carboxylic acids is 1. The third-order valence-corrected chi connectivity index (χ3v) is 3.40. The molecule has 1 aliphatic heterocycles. The summed E-state index contributed by atoms with van der Waals surface area (Å²) in [7, 11) is 0. The molecule has 0 saturated heterocycles. The number of hydrogen-bond acceptors (Lipinski definition) is 4. The monoisotopic (exact) mass is 275 g/mol. The smallest absolute Gasteiger partial charge is 0.323 e. The maximum atomic E-state index is 11.4. The minimum absolute atomic E-state index is 0.226. The Morgan fingerprint density at radius 2 is 2.25 bits per heavy atom. The highest BCUT2D eigenvalue weighted by molar-refractivity contribution is 5.78.